The van der Waals surface area contributed by atoms with Crippen molar-refractivity contribution in [3.05, 3.63) is 11.3 Å². The van der Waals surface area contributed by atoms with Crippen molar-refractivity contribution in [2.24, 2.45) is 5.10 Å². The summed E-state index contributed by atoms with van der Waals surface area (Å²) in [6.07, 6.45) is -0.766. The van der Waals surface area contributed by atoms with E-state index in [0.29, 0.717) is 11.3 Å². The van der Waals surface area contributed by atoms with Crippen molar-refractivity contribution in [3.63, 3.8) is 0 Å². The molecule has 2 rings (SSSR count). The van der Waals surface area contributed by atoms with E-state index in [4.69, 9.17) is 4.74 Å². The number of amides is 2. The van der Waals surface area contributed by atoms with E-state index >= 15 is 0 Å². The maximum atomic E-state index is 12.0. The predicted octanol–water partition coefficient (Wildman–Crippen LogP) is 1.14. The molecule has 0 bridgehead atoms. The molecular formula is C13H17N3O5S. The van der Waals surface area contributed by atoms with Gasteiger partial charge in [0.25, 0.3) is 5.91 Å². The molecule has 9 heteroatoms. The van der Waals surface area contributed by atoms with Crippen LogP contribution in [0.15, 0.2) is 16.4 Å². The number of ether oxygens (including phenoxy) is 1. The number of hydrazone groups is 1. The summed E-state index contributed by atoms with van der Waals surface area (Å²) in [6.45, 7) is 6.80. The molecule has 0 aliphatic carbocycles. The summed E-state index contributed by atoms with van der Waals surface area (Å²) in [5.74, 6) is -1.18. The number of hydrogen-bond donors (Lipinski definition) is 2. The Labute approximate surface area is 131 Å². The standard InChI is InChI=1S/C13H17N3O5S/c1-6-5-22-10-7(9(17)16(10)8(6)11(18)19)14-15-12(20)21-13(2,3)4/h10H,5H2,1-4H3,(H,15,20)(H,18,19)/b14-7-/t10-/m1/s1. The number of fused-ring (bicyclic) bond motifs is 1. The highest BCUT2D eigenvalue weighted by atomic mass is 32.2. The predicted molar refractivity (Wildman–Crippen MR) is 80.2 cm³/mol. The number of carboxylic acid groups (broad SMARTS) is 1. The molecule has 0 saturated carbocycles. The van der Waals surface area contributed by atoms with Crippen LogP contribution < -0.4 is 5.43 Å². The van der Waals surface area contributed by atoms with E-state index in [1.165, 1.54) is 16.7 Å². The summed E-state index contributed by atoms with van der Waals surface area (Å²) in [5.41, 5.74) is 2.22. The second kappa shape index (κ2) is 5.64. The molecule has 2 N–H and O–H groups in total. The molecule has 22 heavy (non-hydrogen) atoms. The van der Waals surface area contributed by atoms with Gasteiger partial charge in [-0.05, 0) is 33.3 Å². The Kier molecular flexibility index (Phi) is 4.19. The number of hydrogen-bond acceptors (Lipinski definition) is 6. The lowest BCUT2D eigenvalue weighted by Crippen LogP contribution is -2.62. The largest absolute Gasteiger partial charge is 0.477 e. The number of carboxylic acids is 1. The van der Waals surface area contributed by atoms with Crippen LogP contribution in [0.5, 0.6) is 0 Å². The summed E-state index contributed by atoms with van der Waals surface area (Å²) >= 11 is 1.38. The number of nitrogens with zero attached hydrogens (tertiary/aromatic N) is 2. The van der Waals surface area contributed by atoms with Crippen molar-refractivity contribution >= 4 is 35.4 Å². The molecule has 2 amide bonds. The van der Waals surface area contributed by atoms with Crippen LogP contribution in [0.25, 0.3) is 0 Å². The van der Waals surface area contributed by atoms with Gasteiger partial charge in [-0.1, -0.05) is 0 Å². The first kappa shape index (κ1) is 16.3. The monoisotopic (exact) mass is 327 g/mol. The Morgan fingerprint density at radius 3 is 2.64 bits per heavy atom. The maximum absolute atomic E-state index is 12.0. The smallest absolute Gasteiger partial charge is 0.428 e. The van der Waals surface area contributed by atoms with Gasteiger partial charge in [-0.15, -0.1) is 11.8 Å². The zero-order valence-electron chi connectivity index (χ0n) is 12.7. The number of carbonyl (C=O) groups excluding carboxylic acids is 2. The summed E-state index contributed by atoms with van der Waals surface area (Å²) in [4.78, 5) is 36.0. The number of aliphatic carboxylic acids is 1. The molecule has 1 atom stereocenters. The number of thioether (sulfide) groups is 1. The summed E-state index contributed by atoms with van der Waals surface area (Å²) in [5, 5.41) is 12.5. The lowest BCUT2D eigenvalue weighted by Gasteiger charge is -2.43. The zero-order valence-corrected chi connectivity index (χ0v) is 13.5. The van der Waals surface area contributed by atoms with Crippen LogP contribution in [0.4, 0.5) is 4.79 Å². The first-order chi connectivity index (χ1) is 10.1. The molecule has 0 aromatic heterocycles. The normalized spacial score (nSPS) is 23.1. The Balaban J connectivity index is 2.09. The minimum atomic E-state index is -1.14. The van der Waals surface area contributed by atoms with E-state index in [-0.39, 0.29) is 11.4 Å². The molecule has 0 aromatic rings. The quantitative estimate of drug-likeness (QED) is 0.581. The van der Waals surface area contributed by atoms with Crippen LogP contribution in [0.1, 0.15) is 27.7 Å². The Hall–Kier alpha value is -2.03. The molecule has 8 nitrogen and oxygen atoms in total. The second-order valence-corrected chi connectivity index (χ2v) is 6.95. The highest BCUT2D eigenvalue weighted by Crippen LogP contribution is 2.38. The van der Waals surface area contributed by atoms with Gasteiger partial charge < -0.3 is 9.84 Å². The van der Waals surface area contributed by atoms with Gasteiger partial charge >= 0.3 is 12.1 Å². The summed E-state index contributed by atoms with van der Waals surface area (Å²) in [7, 11) is 0. The number of rotatable bonds is 2. The Morgan fingerprint density at radius 1 is 1.45 bits per heavy atom. The van der Waals surface area contributed by atoms with Gasteiger partial charge in [0.1, 0.15) is 16.7 Å². The fraction of sp³-hybridized carbons (Fsp3) is 0.538. The Bertz CT molecular complexity index is 605. The number of β-lactam (4-membered cyclic amide) rings is 1. The molecule has 0 aromatic carbocycles. The fourth-order valence-electron chi connectivity index (χ4n) is 2.04. The average molecular weight is 327 g/mol. The van der Waals surface area contributed by atoms with Crippen molar-refractivity contribution < 1.29 is 24.2 Å². The molecule has 2 heterocycles. The van der Waals surface area contributed by atoms with Crippen molar-refractivity contribution in [2.75, 3.05) is 5.75 Å². The van der Waals surface area contributed by atoms with Crippen LogP contribution in [0, 0.1) is 0 Å². The topological polar surface area (TPSA) is 108 Å². The van der Waals surface area contributed by atoms with E-state index in [0.717, 1.165) is 0 Å². The van der Waals surface area contributed by atoms with Gasteiger partial charge in [0.05, 0.1) is 0 Å². The van der Waals surface area contributed by atoms with Gasteiger partial charge in [-0.25, -0.2) is 15.0 Å². The molecule has 0 spiro atoms. The second-order valence-electron chi connectivity index (χ2n) is 5.88. The first-order valence-electron chi connectivity index (χ1n) is 6.56. The average Bonchev–Trinajstić information content (AvgIpc) is 2.36. The first-order valence-corrected chi connectivity index (χ1v) is 7.61. The third-order valence-electron chi connectivity index (χ3n) is 2.88. The van der Waals surface area contributed by atoms with Crippen LogP contribution in [-0.2, 0) is 14.3 Å². The van der Waals surface area contributed by atoms with E-state index < -0.39 is 28.9 Å². The van der Waals surface area contributed by atoms with Crippen LogP contribution >= 0.6 is 11.8 Å². The molecule has 2 aliphatic heterocycles. The SMILES string of the molecule is CC1=C(C(=O)O)N2C(=O)/C(=N/NC(=O)OC(C)(C)C)[C@H]2SC1. The zero-order chi connectivity index (χ0) is 16.7. The molecule has 120 valence electrons. The molecule has 0 radical (unpaired) electrons. The van der Waals surface area contributed by atoms with Gasteiger partial charge in [-0.2, -0.15) is 5.10 Å². The van der Waals surface area contributed by atoms with Crippen molar-refractivity contribution in [3.8, 4) is 0 Å². The van der Waals surface area contributed by atoms with Gasteiger partial charge in [0.15, 0.2) is 5.71 Å². The number of carbonyl (C=O) groups is 3. The molecule has 2 aliphatic rings. The van der Waals surface area contributed by atoms with Crippen molar-refractivity contribution in [2.45, 2.75) is 38.7 Å². The van der Waals surface area contributed by atoms with Crippen molar-refractivity contribution in [1.82, 2.24) is 10.3 Å². The number of nitrogens with one attached hydrogen (secondary N) is 1. The molecular weight excluding hydrogens is 310 g/mol. The van der Waals surface area contributed by atoms with Crippen molar-refractivity contribution in [1.29, 1.82) is 0 Å². The van der Waals surface area contributed by atoms with E-state index in [1.807, 2.05) is 0 Å². The minimum absolute atomic E-state index is 0.00929. The van der Waals surface area contributed by atoms with E-state index in [9.17, 15) is 19.5 Å². The van der Waals surface area contributed by atoms with Gasteiger partial charge in [0, 0.05) is 5.75 Å². The molecule has 1 fully saturated rings. The minimum Gasteiger partial charge on any atom is -0.477 e. The van der Waals surface area contributed by atoms with Crippen LogP contribution in [0.3, 0.4) is 0 Å². The maximum Gasteiger partial charge on any atom is 0.428 e. The van der Waals surface area contributed by atoms with E-state index in [1.54, 1.807) is 27.7 Å². The lowest BCUT2D eigenvalue weighted by atomic mass is 10.1. The summed E-state index contributed by atoms with van der Waals surface area (Å²) < 4.78 is 5.01. The van der Waals surface area contributed by atoms with E-state index in [2.05, 4.69) is 10.5 Å². The fourth-order valence-corrected chi connectivity index (χ4v) is 3.24. The van der Waals surface area contributed by atoms with Gasteiger partial charge in [-0.3, -0.25) is 9.69 Å². The summed E-state index contributed by atoms with van der Waals surface area (Å²) in [6, 6.07) is 0. The molecule has 1 saturated heterocycles. The highest BCUT2D eigenvalue weighted by molar-refractivity contribution is 8.01. The highest BCUT2D eigenvalue weighted by Gasteiger charge is 2.51. The van der Waals surface area contributed by atoms with Crippen LogP contribution in [-0.4, -0.2) is 50.4 Å². The lowest BCUT2D eigenvalue weighted by molar-refractivity contribution is -0.139. The molecule has 0 unspecified atom stereocenters. The third-order valence-corrected chi connectivity index (χ3v) is 4.23. The van der Waals surface area contributed by atoms with Crippen LogP contribution in [0.2, 0.25) is 0 Å². The van der Waals surface area contributed by atoms with Gasteiger partial charge in [0.2, 0.25) is 0 Å². The third kappa shape index (κ3) is 3.08. The Morgan fingerprint density at radius 2 is 2.09 bits per heavy atom.